The minimum absolute atomic E-state index is 0.133. The van der Waals surface area contributed by atoms with E-state index in [9.17, 15) is 9.59 Å². The van der Waals surface area contributed by atoms with Crippen molar-refractivity contribution >= 4 is 23.0 Å². The molecular formula is C23H19N3O2S. The van der Waals surface area contributed by atoms with Gasteiger partial charge in [-0.25, -0.2) is 4.98 Å². The highest BCUT2D eigenvalue weighted by Gasteiger charge is 2.18. The fourth-order valence-electron chi connectivity index (χ4n) is 3.15. The molecule has 1 N–H and O–H groups in total. The van der Waals surface area contributed by atoms with Gasteiger partial charge in [0, 0.05) is 31.0 Å². The minimum atomic E-state index is -0.261. The number of thiophene rings is 1. The van der Waals surface area contributed by atoms with Gasteiger partial charge in [-0.05, 0) is 28.6 Å². The van der Waals surface area contributed by atoms with Crippen LogP contribution in [0, 0.1) is 0 Å². The van der Waals surface area contributed by atoms with E-state index in [4.69, 9.17) is 0 Å². The lowest BCUT2D eigenvalue weighted by Crippen LogP contribution is -2.25. The Bertz CT molecular complexity index is 1120. The second-order valence-corrected chi connectivity index (χ2v) is 7.49. The van der Waals surface area contributed by atoms with Gasteiger partial charge in [-0.15, -0.1) is 11.3 Å². The number of nitrogens with one attached hydrogen (secondary N) is 1. The van der Waals surface area contributed by atoms with E-state index < -0.39 is 0 Å². The Labute approximate surface area is 172 Å². The number of nitrogens with zero attached hydrogens (tertiary/aromatic N) is 2. The van der Waals surface area contributed by atoms with Crippen LogP contribution in [0.1, 0.15) is 36.7 Å². The third kappa shape index (κ3) is 4.33. The van der Waals surface area contributed by atoms with Crippen LogP contribution in [0.2, 0.25) is 0 Å². The molecule has 2 aromatic carbocycles. The number of amides is 1. The van der Waals surface area contributed by atoms with Gasteiger partial charge in [-0.2, -0.15) is 0 Å². The van der Waals surface area contributed by atoms with E-state index in [1.807, 2.05) is 46.5 Å². The van der Waals surface area contributed by atoms with Gasteiger partial charge in [0.25, 0.3) is 5.91 Å². The highest BCUT2D eigenvalue weighted by Crippen LogP contribution is 2.19. The van der Waals surface area contributed by atoms with Gasteiger partial charge < -0.3 is 9.88 Å². The zero-order valence-electron chi connectivity index (χ0n) is 15.6. The Morgan fingerprint density at radius 1 is 0.931 bits per heavy atom. The van der Waals surface area contributed by atoms with E-state index in [0.29, 0.717) is 29.1 Å². The van der Waals surface area contributed by atoms with Crippen LogP contribution in [0.15, 0.2) is 84.8 Å². The Morgan fingerprint density at radius 2 is 1.69 bits per heavy atom. The lowest BCUT2D eigenvalue weighted by atomic mass is 10.0. The lowest BCUT2D eigenvalue weighted by Gasteiger charge is -2.12. The van der Waals surface area contributed by atoms with Crippen molar-refractivity contribution in [1.29, 1.82) is 0 Å². The molecule has 0 fully saturated rings. The van der Waals surface area contributed by atoms with E-state index >= 15 is 0 Å². The Balaban J connectivity index is 1.51. The Morgan fingerprint density at radius 3 is 2.41 bits per heavy atom. The Kier molecular flexibility index (Phi) is 5.63. The van der Waals surface area contributed by atoms with E-state index in [0.717, 1.165) is 11.1 Å². The van der Waals surface area contributed by atoms with Gasteiger partial charge in [0.2, 0.25) is 5.78 Å². The predicted molar refractivity (Wildman–Crippen MR) is 113 cm³/mol. The monoisotopic (exact) mass is 401 g/mol. The van der Waals surface area contributed by atoms with Crippen molar-refractivity contribution in [2.45, 2.75) is 13.1 Å². The summed E-state index contributed by atoms with van der Waals surface area (Å²) in [6.07, 6.45) is 5.41. The molecule has 29 heavy (non-hydrogen) atoms. The largest absolute Gasteiger partial charge is 0.348 e. The molecule has 4 aromatic rings. The van der Waals surface area contributed by atoms with Crippen molar-refractivity contribution in [2.24, 2.45) is 0 Å². The number of carbonyl (C=O) groups excluding carboxylic acids is 2. The first-order valence-electron chi connectivity index (χ1n) is 9.20. The van der Waals surface area contributed by atoms with Crippen LogP contribution in [0.25, 0.3) is 0 Å². The second kappa shape index (κ2) is 8.67. The van der Waals surface area contributed by atoms with Gasteiger partial charge in [-0.3, -0.25) is 9.59 Å². The van der Waals surface area contributed by atoms with Crippen molar-refractivity contribution in [2.75, 3.05) is 0 Å². The van der Waals surface area contributed by atoms with Crippen LogP contribution in [-0.2, 0) is 13.1 Å². The molecule has 0 aliphatic rings. The summed E-state index contributed by atoms with van der Waals surface area (Å²) in [6, 6.07) is 18.5. The first kappa shape index (κ1) is 18.8. The van der Waals surface area contributed by atoms with E-state index in [1.54, 1.807) is 42.9 Å². The van der Waals surface area contributed by atoms with Crippen molar-refractivity contribution in [3.63, 3.8) is 0 Å². The van der Waals surface area contributed by atoms with Crippen LogP contribution in [0.5, 0.6) is 0 Å². The maximum Gasteiger partial charge on any atom is 0.252 e. The molecule has 0 unspecified atom stereocenters. The number of hydrogen-bond acceptors (Lipinski definition) is 4. The zero-order valence-corrected chi connectivity index (χ0v) is 16.4. The first-order valence-corrected chi connectivity index (χ1v) is 10.1. The van der Waals surface area contributed by atoms with E-state index in [-0.39, 0.29) is 11.7 Å². The number of rotatable bonds is 7. The molecule has 2 heterocycles. The third-order valence-electron chi connectivity index (χ3n) is 4.63. The molecule has 144 valence electrons. The molecule has 0 radical (unpaired) electrons. The summed E-state index contributed by atoms with van der Waals surface area (Å²) in [5.41, 5.74) is 2.93. The number of aromatic nitrogens is 2. The number of ketones is 1. The molecular weight excluding hydrogens is 382 g/mol. The van der Waals surface area contributed by atoms with E-state index in [2.05, 4.69) is 10.3 Å². The predicted octanol–water partition coefficient (Wildman–Crippen LogP) is 4.15. The molecule has 0 saturated heterocycles. The molecule has 0 spiro atoms. The molecule has 0 atom stereocenters. The molecule has 0 aliphatic heterocycles. The summed E-state index contributed by atoms with van der Waals surface area (Å²) in [5, 5.41) is 4.82. The molecule has 5 nitrogen and oxygen atoms in total. The summed E-state index contributed by atoms with van der Waals surface area (Å²) < 4.78 is 1.98. The van der Waals surface area contributed by atoms with Gasteiger partial charge >= 0.3 is 0 Å². The van der Waals surface area contributed by atoms with E-state index in [1.165, 1.54) is 11.3 Å². The molecule has 1 amide bonds. The molecule has 0 bridgehead atoms. The molecule has 4 rings (SSSR count). The molecule has 2 aromatic heterocycles. The van der Waals surface area contributed by atoms with Crippen molar-refractivity contribution < 1.29 is 9.59 Å². The zero-order chi connectivity index (χ0) is 20.1. The van der Waals surface area contributed by atoms with Crippen LogP contribution in [0.3, 0.4) is 0 Å². The van der Waals surface area contributed by atoms with Gasteiger partial charge in [0.1, 0.15) is 0 Å². The average molecular weight is 401 g/mol. The van der Waals surface area contributed by atoms with Crippen LogP contribution in [-0.4, -0.2) is 21.2 Å². The molecule has 0 saturated carbocycles. The summed E-state index contributed by atoms with van der Waals surface area (Å²) in [6.45, 7) is 1.06. The fourth-order valence-corrected chi connectivity index (χ4v) is 3.83. The van der Waals surface area contributed by atoms with Crippen molar-refractivity contribution in [3.05, 3.63) is 112 Å². The molecule has 0 aliphatic carbocycles. The SMILES string of the molecule is O=C(NCc1ccccc1Cn1ccnc1)c1ccccc1C(=O)c1cccs1. The van der Waals surface area contributed by atoms with Gasteiger partial charge in [0.15, 0.2) is 0 Å². The van der Waals surface area contributed by atoms with Crippen LogP contribution >= 0.6 is 11.3 Å². The first-order chi connectivity index (χ1) is 14.2. The maximum absolute atomic E-state index is 12.9. The highest BCUT2D eigenvalue weighted by molar-refractivity contribution is 7.12. The van der Waals surface area contributed by atoms with Gasteiger partial charge in [-0.1, -0.05) is 48.5 Å². The average Bonchev–Trinajstić information content (AvgIpc) is 3.47. The van der Waals surface area contributed by atoms with Gasteiger partial charge in [0.05, 0.1) is 16.8 Å². The summed E-state index contributed by atoms with van der Waals surface area (Å²) in [5.74, 6) is -0.394. The number of imidazole rings is 1. The summed E-state index contributed by atoms with van der Waals surface area (Å²) in [4.78, 5) is 30.3. The maximum atomic E-state index is 12.9. The number of carbonyl (C=O) groups is 2. The van der Waals surface area contributed by atoms with Crippen molar-refractivity contribution in [1.82, 2.24) is 14.9 Å². The highest BCUT2D eigenvalue weighted by atomic mass is 32.1. The normalized spacial score (nSPS) is 10.6. The second-order valence-electron chi connectivity index (χ2n) is 6.54. The fraction of sp³-hybridized carbons (Fsp3) is 0.0870. The summed E-state index contributed by atoms with van der Waals surface area (Å²) in [7, 11) is 0. The minimum Gasteiger partial charge on any atom is -0.348 e. The topological polar surface area (TPSA) is 64.0 Å². The smallest absolute Gasteiger partial charge is 0.252 e. The summed E-state index contributed by atoms with van der Waals surface area (Å²) >= 11 is 1.37. The standard InChI is InChI=1S/C23H19N3O2S/c27-22(21-10-5-13-29-21)19-8-3-4-9-20(19)23(28)25-14-17-6-1-2-7-18(17)15-26-12-11-24-16-26/h1-13,16H,14-15H2,(H,25,28). The third-order valence-corrected chi connectivity index (χ3v) is 5.50. The Hall–Kier alpha value is -3.51. The van der Waals surface area contributed by atoms with Crippen molar-refractivity contribution in [3.8, 4) is 0 Å². The quantitative estimate of drug-likeness (QED) is 0.473. The molecule has 6 heteroatoms. The number of benzene rings is 2. The van der Waals surface area contributed by atoms with Crippen LogP contribution in [0.4, 0.5) is 0 Å². The lowest BCUT2D eigenvalue weighted by molar-refractivity contribution is 0.0940. The number of hydrogen-bond donors (Lipinski definition) is 1. The van der Waals surface area contributed by atoms with Crippen LogP contribution < -0.4 is 5.32 Å².